The van der Waals surface area contributed by atoms with Crippen LogP contribution < -0.4 is 9.47 Å². The number of rotatable bonds is 2. The van der Waals surface area contributed by atoms with Gasteiger partial charge in [0.25, 0.3) is 0 Å². The summed E-state index contributed by atoms with van der Waals surface area (Å²) in [6.45, 7) is 6.65. The molecule has 1 aromatic carbocycles. The third-order valence-corrected chi connectivity index (χ3v) is 3.58. The topological polar surface area (TPSA) is 18.5 Å². The highest BCUT2D eigenvalue weighted by atomic mass is 79.9. The minimum atomic E-state index is -1.37. The summed E-state index contributed by atoms with van der Waals surface area (Å²) < 4.78 is 11.4. The quantitative estimate of drug-likeness (QED) is 0.612. The van der Waals surface area contributed by atoms with E-state index < -0.39 is 8.07 Å². The van der Waals surface area contributed by atoms with Gasteiger partial charge in [0.1, 0.15) is 8.07 Å². The lowest BCUT2D eigenvalue weighted by molar-refractivity contribution is 0.354. The third-order valence-electron chi connectivity index (χ3n) is 2.05. The Hall–Kier alpha value is -0.923. The van der Waals surface area contributed by atoms with Crippen LogP contribution in [0.5, 0.6) is 11.5 Å². The molecule has 92 valence electrons. The van der Waals surface area contributed by atoms with Gasteiger partial charge >= 0.3 is 0 Å². The van der Waals surface area contributed by atoms with Crippen LogP contribution in [0.3, 0.4) is 0 Å². The van der Waals surface area contributed by atoms with Gasteiger partial charge in [-0.25, -0.2) is 0 Å². The Morgan fingerprint density at radius 2 is 1.59 bits per heavy atom. The zero-order valence-corrected chi connectivity index (χ0v) is 13.4. The van der Waals surface area contributed by atoms with Gasteiger partial charge in [0.05, 0.1) is 14.2 Å². The van der Waals surface area contributed by atoms with Crippen molar-refractivity contribution >= 4 is 24.0 Å². The third kappa shape index (κ3) is 4.10. The van der Waals surface area contributed by atoms with Gasteiger partial charge < -0.3 is 9.47 Å². The number of hydrogen-bond donors (Lipinski definition) is 0. The number of halogens is 1. The molecule has 17 heavy (non-hydrogen) atoms. The summed E-state index contributed by atoms with van der Waals surface area (Å²) in [7, 11) is 1.88. The summed E-state index contributed by atoms with van der Waals surface area (Å²) in [6.07, 6.45) is 0. The molecule has 0 aliphatic carbocycles. The fourth-order valence-electron chi connectivity index (χ4n) is 1.20. The Labute approximate surface area is 112 Å². The Morgan fingerprint density at radius 1 is 1.06 bits per heavy atom. The molecule has 0 fully saturated rings. The first kappa shape index (κ1) is 14.1. The van der Waals surface area contributed by atoms with E-state index in [1.807, 2.05) is 12.1 Å². The lowest BCUT2D eigenvalue weighted by atomic mass is 10.2. The normalized spacial score (nSPS) is 10.5. The molecule has 4 heteroatoms. The maximum absolute atomic E-state index is 5.26. The van der Waals surface area contributed by atoms with E-state index in [2.05, 4.69) is 47.0 Å². The van der Waals surface area contributed by atoms with Crippen molar-refractivity contribution < 1.29 is 9.47 Å². The van der Waals surface area contributed by atoms with Gasteiger partial charge in [0.2, 0.25) is 0 Å². The van der Waals surface area contributed by atoms with E-state index in [4.69, 9.17) is 9.47 Å². The first-order chi connectivity index (χ1) is 7.87. The molecule has 0 aromatic heterocycles. The van der Waals surface area contributed by atoms with Crippen molar-refractivity contribution in [3.8, 4) is 23.0 Å². The van der Waals surface area contributed by atoms with E-state index >= 15 is 0 Å². The van der Waals surface area contributed by atoms with Crippen LogP contribution in [-0.2, 0) is 0 Å². The van der Waals surface area contributed by atoms with Crippen LogP contribution in [0.4, 0.5) is 0 Å². The number of methoxy groups -OCH3 is 2. The first-order valence-corrected chi connectivity index (χ1v) is 9.61. The van der Waals surface area contributed by atoms with E-state index in [0.29, 0.717) is 11.5 Å². The number of hydrogen-bond acceptors (Lipinski definition) is 2. The Morgan fingerprint density at radius 3 is 2.06 bits per heavy atom. The molecule has 0 spiro atoms. The highest BCUT2D eigenvalue weighted by Gasteiger charge is 2.10. The first-order valence-electron chi connectivity index (χ1n) is 5.32. The molecule has 0 radical (unpaired) electrons. The van der Waals surface area contributed by atoms with Gasteiger partial charge in [-0.1, -0.05) is 25.6 Å². The number of benzene rings is 1. The van der Waals surface area contributed by atoms with Crippen LogP contribution >= 0.6 is 15.9 Å². The lowest BCUT2D eigenvalue weighted by Crippen LogP contribution is -2.16. The molecule has 2 nitrogen and oxygen atoms in total. The largest absolute Gasteiger partial charge is 0.493 e. The molecule has 0 atom stereocenters. The Balaban J connectivity index is 3.21. The predicted octanol–water partition coefficient (Wildman–Crippen LogP) is 3.70. The Kier molecular flexibility index (Phi) is 4.67. The van der Waals surface area contributed by atoms with Crippen LogP contribution in [0, 0.1) is 11.5 Å². The summed E-state index contributed by atoms with van der Waals surface area (Å²) in [5.74, 6) is 4.62. The minimum Gasteiger partial charge on any atom is -0.493 e. The summed E-state index contributed by atoms with van der Waals surface area (Å²) in [5, 5.41) is 0. The summed E-state index contributed by atoms with van der Waals surface area (Å²) in [4.78, 5) is 0. The fourth-order valence-corrected chi connectivity index (χ4v) is 2.14. The van der Waals surface area contributed by atoms with Gasteiger partial charge in [-0.3, -0.25) is 0 Å². The van der Waals surface area contributed by atoms with Crippen molar-refractivity contribution in [2.24, 2.45) is 0 Å². The highest BCUT2D eigenvalue weighted by Crippen LogP contribution is 2.32. The van der Waals surface area contributed by atoms with E-state index in [0.717, 1.165) is 10.0 Å². The van der Waals surface area contributed by atoms with Gasteiger partial charge in [0.15, 0.2) is 11.5 Å². The van der Waals surface area contributed by atoms with Crippen molar-refractivity contribution in [2.75, 3.05) is 14.2 Å². The molecule has 0 heterocycles. The summed E-state index contributed by atoms with van der Waals surface area (Å²) >= 11 is 3.50. The molecule has 0 amide bonds. The van der Waals surface area contributed by atoms with E-state index in [-0.39, 0.29) is 0 Å². The smallest absolute Gasteiger partial charge is 0.162 e. The van der Waals surface area contributed by atoms with Crippen molar-refractivity contribution in [3.63, 3.8) is 0 Å². The summed E-state index contributed by atoms with van der Waals surface area (Å²) in [6, 6.07) is 3.78. The second kappa shape index (κ2) is 5.61. The molecular weight excluding hydrogens is 296 g/mol. The summed E-state index contributed by atoms with van der Waals surface area (Å²) in [5.41, 5.74) is 4.27. The van der Waals surface area contributed by atoms with Crippen molar-refractivity contribution in [3.05, 3.63) is 22.2 Å². The molecule has 0 unspecified atom stereocenters. The second-order valence-electron chi connectivity index (χ2n) is 4.69. The second-order valence-corrected chi connectivity index (χ2v) is 10.3. The van der Waals surface area contributed by atoms with Crippen LogP contribution in [0.1, 0.15) is 5.56 Å². The van der Waals surface area contributed by atoms with Gasteiger partial charge in [-0.15, -0.1) is 5.54 Å². The molecule has 0 N–H and O–H groups in total. The van der Waals surface area contributed by atoms with E-state index in [1.54, 1.807) is 14.2 Å². The standard InChI is InChI=1S/C13H17BrO2Si/c1-15-12-8-10(6-7-17(3,4)5)11(14)9-13(12)16-2/h8-9H,1-5H3. The van der Waals surface area contributed by atoms with Gasteiger partial charge in [-0.05, 0) is 22.0 Å². The Bertz CT molecular complexity index is 467. The van der Waals surface area contributed by atoms with E-state index in [9.17, 15) is 0 Å². The highest BCUT2D eigenvalue weighted by molar-refractivity contribution is 9.10. The van der Waals surface area contributed by atoms with Crippen LogP contribution in [0.15, 0.2) is 16.6 Å². The van der Waals surface area contributed by atoms with Crippen LogP contribution in [0.2, 0.25) is 19.6 Å². The average Bonchev–Trinajstić information content (AvgIpc) is 2.25. The zero-order chi connectivity index (χ0) is 13.1. The molecule has 1 rings (SSSR count). The minimum absolute atomic E-state index is 0.704. The fraction of sp³-hybridized carbons (Fsp3) is 0.385. The molecule has 0 aliphatic rings. The lowest BCUT2D eigenvalue weighted by Gasteiger charge is -2.09. The van der Waals surface area contributed by atoms with Crippen LogP contribution in [0.25, 0.3) is 0 Å². The predicted molar refractivity (Wildman–Crippen MR) is 77.5 cm³/mol. The maximum Gasteiger partial charge on any atom is 0.162 e. The molecule has 0 saturated carbocycles. The molecular formula is C13H17BrO2Si. The zero-order valence-electron chi connectivity index (χ0n) is 10.8. The number of ether oxygens (including phenoxy) is 2. The van der Waals surface area contributed by atoms with Crippen molar-refractivity contribution in [2.45, 2.75) is 19.6 Å². The SMILES string of the molecule is COc1cc(Br)c(C#C[Si](C)(C)C)cc1OC. The van der Waals surface area contributed by atoms with Crippen molar-refractivity contribution in [1.29, 1.82) is 0 Å². The molecule has 0 aliphatic heterocycles. The average molecular weight is 313 g/mol. The van der Waals surface area contributed by atoms with Gasteiger partial charge in [0, 0.05) is 16.1 Å². The molecule has 1 aromatic rings. The van der Waals surface area contributed by atoms with E-state index in [1.165, 1.54) is 0 Å². The maximum atomic E-state index is 5.26. The molecule has 0 saturated heterocycles. The van der Waals surface area contributed by atoms with Crippen LogP contribution in [-0.4, -0.2) is 22.3 Å². The van der Waals surface area contributed by atoms with Gasteiger partial charge in [-0.2, -0.15) is 0 Å². The monoisotopic (exact) mass is 312 g/mol. The molecule has 0 bridgehead atoms. The van der Waals surface area contributed by atoms with Crippen molar-refractivity contribution in [1.82, 2.24) is 0 Å².